The molecule has 2 rings (SSSR count). The Morgan fingerprint density at radius 2 is 1.54 bits per heavy atom. The summed E-state index contributed by atoms with van der Waals surface area (Å²) in [5.74, 6) is -2.35. The van der Waals surface area contributed by atoms with Gasteiger partial charge in [0.15, 0.2) is 11.6 Å². The second kappa shape index (κ2) is 16.9. The highest BCUT2D eigenvalue weighted by molar-refractivity contribution is 6.18. The molecule has 41 heavy (non-hydrogen) atoms. The fraction of sp³-hybridized carbons (Fsp3) is 0.533. The number of rotatable bonds is 17. The molecular formula is C30H43N5O6. The Bertz CT molecular complexity index is 1100. The van der Waals surface area contributed by atoms with Crippen LogP contribution in [0.15, 0.2) is 36.4 Å². The van der Waals surface area contributed by atoms with Crippen LogP contribution in [-0.4, -0.2) is 53.9 Å². The molecule has 11 nitrogen and oxygen atoms in total. The zero-order valence-corrected chi connectivity index (χ0v) is 24.2. The maximum atomic E-state index is 13.2. The molecule has 11 heteroatoms. The van der Waals surface area contributed by atoms with Crippen molar-refractivity contribution in [2.24, 2.45) is 17.6 Å². The van der Waals surface area contributed by atoms with E-state index in [1.54, 1.807) is 26.0 Å². The lowest BCUT2D eigenvalue weighted by atomic mass is 9.97. The number of carbonyl (C=O) groups is 6. The Hall–Kier alpha value is -4.02. The summed E-state index contributed by atoms with van der Waals surface area (Å²) >= 11 is 0. The number of hydrogen-bond acceptors (Lipinski definition) is 6. The number of ketones is 2. The third-order valence-electron chi connectivity index (χ3n) is 6.99. The zero-order valence-electron chi connectivity index (χ0n) is 24.2. The number of primary amides is 1. The van der Waals surface area contributed by atoms with Crippen LogP contribution in [0.5, 0.6) is 0 Å². The number of anilines is 1. The third-order valence-corrected chi connectivity index (χ3v) is 6.99. The van der Waals surface area contributed by atoms with E-state index in [1.165, 1.54) is 12.2 Å². The molecule has 5 amide bonds. The number of unbranched alkanes of at least 4 members (excludes halogenated alkanes) is 2. The molecule has 0 bridgehead atoms. The number of aryl methyl sites for hydroxylation is 1. The second-order valence-corrected chi connectivity index (χ2v) is 10.6. The molecule has 0 unspecified atom stereocenters. The molecule has 224 valence electrons. The first kappa shape index (κ1) is 33.2. The number of urea groups is 1. The first-order valence-corrected chi connectivity index (χ1v) is 14.3. The third kappa shape index (κ3) is 11.5. The Morgan fingerprint density at radius 1 is 0.878 bits per heavy atom. The number of allylic oxidation sites excluding steroid dienone is 2. The Labute approximate surface area is 241 Å². The molecule has 0 saturated heterocycles. The van der Waals surface area contributed by atoms with Gasteiger partial charge in [0, 0.05) is 18.7 Å². The van der Waals surface area contributed by atoms with Crippen LogP contribution in [0.3, 0.4) is 0 Å². The number of benzene rings is 1. The normalized spacial score (nSPS) is 14.5. The molecule has 0 spiro atoms. The zero-order chi connectivity index (χ0) is 30.4. The van der Waals surface area contributed by atoms with Crippen LogP contribution in [0.2, 0.25) is 0 Å². The number of nitrogens with two attached hydrogens (primary N) is 1. The van der Waals surface area contributed by atoms with Gasteiger partial charge in [-0.1, -0.05) is 45.7 Å². The molecule has 0 fully saturated rings. The van der Waals surface area contributed by atoms with E-state index in [9.17, 15) is 28.8 Å². The summed E-state index contributed by atoms with van der Waals surface area (Å²) in [5.41, 5.74) is 6.83. The van der Waals surface area contributed by atoms with Crippen LogP contribution in [0.1, 0.15) is 71.3 Å². The Balaban J connectivity index is 1.92. The van der Waals surface area contributed by atoms with Crippen molar-refractivity contribution < 1.29 is 28.8 Å². The fourth-order valence-corrected chi connectivity index (χ4v) is 4.51. The SMILES string of the molecule is CCc1ccc(NC(=O)[C@H](CCCNC(N)=O)NC(=O)[C@@H](NC(=O)CCCCCC2C(=O)C=CC2=O)C(C)C)cc1. The predicted molar refractivity (Wildman–Crippen MR) is 156 cm³/mol. The molecular weight excluding hydrogens is 526 g/mol. The summed E-state index contributed by atoms with van der Waals surface area (Å²) in [6, 6.07) is 4.97. The maximum absolute atomic E-state index is 13.2. The van der Waals surface area contributed by atoms with Gasteiger partial charge in [0.2, 0.25) is 17.7 Å². The van der Waals surface area contributed by atoms with Crippen molar-refractivity contribution in [3.8, 4) is 0 Å². The van der Waals surface area contributed by atoms with Crippen molar-refractivity contribution in [2.45, 2.75) is 84.2 Å². The van der Waals surface area contributed by atoms with Gasteiger partial charge < -0.3 is 27.0 Å². The molecule has 0 aromatic heterocycles. The van der Waals surface area contributed by atoms with Gasteiger partial charge in [-0.3, -0.25) is 24.0 Å². The highest BCUT2D eigenvalue weighted by Gasteiger charge is 2.29. The van der Waals surface area contributed by atoms with Crippen LogP contribution in [-0.2, 0) is 30.4 Å². The van der Waals surface area contributed by atoms with E-state index in [-0.39, 0.29) is 42.8 Å². The lowest BCUT2D eigenvalue weighted by Gasteiger charge is -2.25. The lowest BCUT2D eigenvalue weighted by molar-refractivity contribution is -0.132. The van der Waals surface area contributed by atoms with Gasteiger partial charge in [0.25, 0.3) is 0 Å². The fourth-order valence-electron chi connectivity index (χ4n) is 4.51. The topological polar surface area (TPSA) is 177 Å². The van der Waals surface area contributed by atoms with E-state index in [4.69, 9.17) is 5.73 Å². The van der Waals surface area contributed by atoms with E-state index in [0.717, 1.165) is 12.0 Å². The molecule has 1 aromatic carbocycles. The van der Waals surface area contributed by atoms with Crippen molar-refractivity contribution in [2.75, 3.05) is 11.9 Å². The molecule has 0 radical (unpaired) electrons. The maximum Gasteiger partial charge on any atom is 0.312 e. The van der Waals surface area contributed by atoms with Crippen LogP contribution < -0.4 is 27.0 Å². The first-order chi connectivity index (χ1) is 19.5. The minimum Gasteiger partial charge on any atom is -0.352 e. The lowest BCUT2D eigenvalue weighted by Crippen LogP contribution is -2.54. The largest absolute Gasteiger partial charge is 0.352 e. The molecule has 0 saturated carbocycles. The van der Waals surface area contributed by atoms with E-state index in [0.29, 0.717) is 37.8 Å². The summed E-state index contributed by atoms with van der Waals surface area (Å²) in [5, 5.41) is 10.8. The quantitative estimate of drug-likeness (QED) is 0.142. The average molecular weight is 570 g/mol. The van der Waals surface area contributed by atoms with Gasteiger partial charge in [-0.15, -0.1) is 0 Å². The first-order valence-electron chi connectivity index (χ1n) is 14.3. The molecule has 0 aliphatic heterocycles. The van der Waals surface area contributed by atoms with Crippen molar-refractivity contribution in [1.82, 2.24) is 16.0 Å². The summed E-state index contributed by atoms with van der Waals surface area (Å²) in [6.07, 6.45) is 6.65. The average Bonchev–Trinajstić information content (AvgIpc) is 3.25. The van der Waals surface area contributed by atoms with Gasteiger partial charge in [0.1, 0.15) is 12.1 Å². The molecule has 1 aliphatic carbocycles. The standard InChI is InChI=1S/C30H43N5O6/c1-4-20-12-14-21(15-13-20)33-28(39)23(10-8-18-32-30(31)41)34-29(40)27(19(2)3)35-26(38)11-7-5-6-9-22-24(36)16-17-25(22)37/h12-17,19,22-23,27H,4-11,18H2,1-3H3,(H,33,39)(H,34,40)(H,35,38)(H3,31,32,41)/t23-,27-/m0/s1. The second-order valence-electron chi connectivity index (χ2n) is 10.6. The van der Waals surface area contributed by atoms with Gasteiger partial charge >= 0.3 is 6.03 Å². The smallest absolute Gasteiger partial charge is 0.312 e. The predicted octanol–water partition coefficient (Wildman–Crippen LogP) is 2.54. The number of amides is 5. The van der Waals surface area contributed by atoms with E-state index < -0.39 is 35.8 Å². The number of hydrogen-bond donors (Lipinski definition) is 5. The van der Waals surface area contributed by atoms with Crippen molar-refractivity contribution >= 4 is 41.0 Å². The van der Waals surface area contributed by atoms with E-state index in [2.05, 4.69) is 21.3 Å². The number of nitrogens with one attached hydrogen (secondary N) is 4. The summed E-state index contributed by atoms with van der Waals surface area (Å²) in [7, 11) is 0. The van der Waals surface area contributed by atoms with Crippen molar-refractivity contribution in [1.29, 1.82) is 0 Å². The molecule has 0 heterocycles. The van der Waals surface area contributed by atoms with Crippen LogP contribution >= 0.6 is 0 Å². The van der Waals surface area contributed by atoms with Crippen molar-refractivity contribution in [3.05, 3.63) is 42.0 Å². The highest BCUT2D eigenvalue weighted by Crippen LogP contribution is 2.19. The minimum absolute atomic E-state index is 0.163. The summed E-state index contributed by atoms with van der Waals surface area (Å²) < 4.78 is 0. The van der Waals surface area contributed by atoms with Crippen LogP contribution in [0.4, 0.5) is 10.5 Å². The van der Waals surface area contributed by atoms with E-state index >= 15 is 0 Å². The Kier molecular flexibility index (Phi) is 13.7. The molecule has 6 N–H and O–H groups in total. The highest BCUT2D eigenvalue weighted by atomic mass is 16.2. The van der Waals surface area contributed by atoms with Crippen molar-refractivity contribution in [3.63, 3.8) is 0 Å². The Morgan fingerprint density at radius 3 is 2.12 bits per heavy atom. The van der Waals surface area contributed by atoms with E-state index in [1.807, 2.05) is 19.1 Å². The summed E-state index contributed by atoms with van der Waals surface area (Å²) in [4.78, 5) is 73.3. The van der Waals surface area contributed by atoms with Gasteiger partial charge in [-0.05, 0) is 67.9 Å². The molecule has 2 atom stereocenters. The minimum atomic E-state index is -0.906. The molecule has 1 aliphatic rings. The number of carbonyl (C=O) groups excluding carboxylic acids is 6. The molecule has 1 aromatic rings. The summed E-state index contributed by atoms with van der Waals surface area (Å²) in [6.45, 7) is 5.87. The van der Waals surface area contributed by atoms with Crippen LogP contribution in [0, 0.1) is 11.8 Å². The van der Waals surface area contributed by atoms with Gasteiger partial charge in [-0.25, -0.2) is 4.79 Å². The monoisotopic (exact) mass is 569 g/mol. The van der Waals surface area contributed by atoms with Gasteiger partial charge in [0.05, 0.1) is 5.92 Å². The van der Waals surface area contributed by atoms with Crippen LogP contribution in [0.25, 0.3) is 0 Å². The van der Waals surface area contributed by atoms with Gasteiger partial charge in [-0.2, -0.15) is 0 Å².